The van der Waals surface area contributed by atoms with E-state index in [-0.39, 0.29) is 5.16 Å². The van der Waals surface area contributed by atoms with Crippen molar-refractivity contribution in [3.8, 4) is 5.75 Å². The highest BCUT2D eigenvalue weighted by molar-refractivity contribution is 7.49. The summed E-state index contributed by atoms with van der Waals surface area (Å²) in [6.45, 7) is 6.54. The molecule has 0 aliphatic heterocycles. The van der Waals surface area contributed by atoms with Crippen molar-refractivity contribution in [3.05, 3.63) is 53.6 Å². The van der Waals surface area contributed by atoms with Gasteiger partial charge in [0.2, 0.25) is 0 Å². The van der Waals surface area contributed by atoms with Crippen molar-refractivity contribution in [2.75, 3.05) is 19.0 Å². The van der Waals surface area contributed by atoms with Crippen LogP contribution in [0.1, 0.15) is 31.4 Å². The summed E-state index contributed by atoms with van der Waals surface area (Å²) in [4.78, 5) is 2.16. The van der Waals surface area contributed by atoms with Gasteiger partial charge in [-0.05, 0) is 30.8 Å². The summed E-state index contributed by atoms with van der Waals surface area (Å²) in [5.74, 6) is 0.407. The van der Waals surface area contributed by atoms with Crippen molar-refractivity contribution in [1.82, 2.24) is 0 Å². The van der Waals surface area contributed by atoms with Crippen LogP contribution in [0.3, 0.4) is 0 Å². The average Bonchev–Trinajstić information content (AvgIpc) is 2.50. The molecule has 0 radical (unpaired) electrons. The van der Waals surface area contributed by atoms with E-state index in [4.69, 9.17) is 0 Å². The lowest BCUT2D eigenvalue weighted by Gasteiger charge is -2.32. The van der Waals surface area contributed by atoms with Crippen molar-refractivity contribution >= 4 is 19.6 Å². The molecule has 0 bridgehead atoms. The Balaban J connectivity index is 2.46. The minimum absolute atomic E-state index is 0.0534. The second kappa shape index (κ2) is 6.71. The molecule has 0 aromatic heterocycles. The molecule has 3 heteroatoms. The maximum Gasteiger partial charge on any atom is 0.119 e. The fourth-order valence-corrected chi connectivity index (χ4v) is 4.43. The Morgan fingerprint density at radius 3 is 2.45 bits per heavy atom. The van der Waals surface area contributed by atoms with Crippen LogP contribution in [0, 0.1) is 6.92 Å². The molecule has 2 aromatic rings. The second-order valence-electron chi connectivity index (χ2n) is 6.24. The van der Waals surface area contributed by atoms with Gasteiger partial charge in [0.05, 0.1) is 0 Å². The lowest BCUT2D eigenvalue weighted by atomic mass is 9.95. The third-order valence-electron chi connectivity index (χ3n) is 4.25. The molecule has 0 saturated heterocycles. The largest absolute Gasteiger partial charge is 0.508 e. The summed E-state index contributed by atoms with van der Waals surface area (Å²) < 4.78 is 0. The highest BCUT2D eigenvalue weighted by atomic mass is 31.1. The van der Waals surface area contributed by atoms with Crippen LogP contribution in [0.15, 0.2) is 42.5 Å². The summed E-state index contributed by atoms with van der Waals surface area (Å²) in [6, 6.07) is 14.5. The Bertz CT molecular complexity index is 654. The van der Waals surface area contributed by atoms with Gasteiger partial charge in [0.1, 0.15) is 5.75 Å². The van der Waals surface area contributed by atoms with E-state index in [0.29, 0.717) is 14.3 Å². The van der Waals surface area contributed by atoms with Crippen molar-refractivity contribution in [2.45, 2.75) is 32.3 Å². The van der Waals surface area contributed by atoms with Crippen molar-refractivity contribution in [2.24, 2.45) is 0 Å². The Hall–Kier alpha value is -1.53. The molecule has 2 rings (SSSR count). The van der Waals surface area contributed by atoms with E-state index in [1.807, 2.05) is 12.1 Å². The Morgan fingerprint density at radius 2 is 1.82 bits per heavy atom. The number of phenols is 1. The zero-order chi connectivity index (χ0) is 16.3. The van der Waals surface area contributed by atoms with Crippen molar-refractivity contribution in [3.63, 3.8) is 0 Å². The van der Waals surface area contributed by atoms with E-state index in [2.05, 4.69) is 70.1 Å². The van der Waals surface area contributed by atoms with Gasteiger partial charge < -0.3 is 10.0 Å². The van der Waals surface area contributed by atoms with Gasteiger partial charge in [-0.15, -0.1) is 0 Å². The Labute approximate surface area is 136 Å². The number of phenolic OH excluding ortho intramolecular Hbond substituents is 1. The first-order chi connectivity index (χ1) is 10.4. The predicted octanol–water partition coefficient (Wildman–Crippen LogP) is 4.40. The van der Waals surface area contributed by atoms with Crippen LogP contribution in [0.2, 0.25) is 0 Å². The lowest BCUT2D eigenvalue weighted by molar-refractivity contribution is 0.456. The molecule has 118 valence electrons. The first-order valence-electron chi connectivity index (χ1n) is 7.72. The first kappa shape index (κ1) is 16.8. The fraction of sp³-hybridized carbons (Fsp3) is 0.368. The van der Waals surface area contributed by atoms with E-state index in [0.717, 1.165) is 12.0 Å². The lowest BCUT2D eigenvalue weighted by Crippen LogP contribution is -2.22. The standard InChI is InChI=1S/C19H26NOP/c1-6-19(3,15-13-14(2)11-12-17(15)21)22-18-10-8-7-9-16(18)20(4)5/h7-13,21-22H,6H2,1-5H3. The summed E-state index contributed by atoms with van der Waals surface area (Å²) in [5, 5.41) is 11.6. The summed E-state index contributed by atoms with van der Waals surface area (Å²) >= 11 is 0. The molecule has 0 fully saturated rings. The molecule has 0 saturated carbocycles. The predicted molar refractivity (Wildman–Crippen MR) is 99.2 cm³/mol. The smallest absolute Gasteiger partial charge is 0.119 e. The molecule has 2 atom stereocenters. The van der Waals surface area contributed by atoms with Crippen molar-refractivity contribution in [1.29, 1.82) is 0 Å². The molecule has 22 heavy (non-hydrogen) atoms. The number of aromatic hydroxyl groups is 1. The first-order valence-corrected chi connectivity index (χ1v) is 8.72. The van der Waals surface area contributed by atoms with Gasteiger partial charge in [-0.3, -0.25) is 0 Å². The van der Waals surface area contributed by atoms with Crippen LogP contribution < -0.4 is 10.2 Å². The van der Waals surface area contributed by atoms with E-state index >= 15 is 0 Å². The van der Waals surface area contributed by atoms with Crippen LogP contribution in [0.5, 0.6) is 5.75 Å². The van der Waals surface area contributed by atoms with E-state index in [1.165, 1.54) is 16.6 Å². The highest BCUT2D eigenvalue weighted by Gasteiger charge is 2.29. The SMILES string of the molecule is CCC(C)(Pc1ccccc1N(C)C)c1cc(C)ccc1O. The monoisotopic (exact) mass is 315 g/mol. The normalized spacial score (nSPS) is 14.2. The maximum atomic E-state index is 10.4. The zero-order valence-corrected chi connectivity index (χ0v) is 15.1. The van der Waals surface area contributed by atoms with Gasteiger partial charge in [0.25, 0.3) is 0 Å². The Kier molecular flexibility index (Phi) is 5.13. The molecule has 0 aliphatic carbocycles. The molecule has 1 N–H and O–H groups in total. The average molecular weight is 315 g/mol. The van der Waals surface area contributed by atoms with Gasteiger partial charge >= 0.3 is 0 Å². The molecule has 2 nitrogen and oxygen atoms in total. The van der Waals surface area contributed by atoms with Gasteiger partial charge in [-0.25, -0.2) is 0 Å². The van der Waals surface area contributed by atoms with Gasteiger partial charge in [0.15, 0.2) is 0 Å². The number of para-hydroxylation sites is 1. The number of aryl methyl sites for hydroxylation is 1. The van der Waals surface area contributed by atoms with Crippen LogP contribution in [-0.4, -0.2) is 19.2 Å². The third-order valence-corrected chi connectivity index (χ3v) is 6.12. The van der Waals surface area contributed by atoms with Crippen LogP contribution in [0.4, 0.5) is 5.69 Å². The van der Waals surface area contributed by atoms with Crippen molar-refractivity contribution < 1.29 is 5.11 Å². The number of hydrogen-bond acceptors (Lipinski definition) is 2. The summed E-state index contributed by atoms with van der Waals surface area (Å²) in [6.07, 6.45) is 0.990. The molecule has 0 spiro atoms. The van der Waals surface area contributed by atoms with Gasteiger partial charge in [-0.2, -0.15) is 0 Å². The number of hydrogen-bond donors (Lipinski definition) is 1. The minimum atomic E-state index is -0.0534. The third kappa shape index (κ3) is 3.44. The summed E-state index contributed by atoms with van der Waals surface area (Å²) in [7, 11) is 4.77. The summed E-state index contributed by atoms with van der Waals surface area (Å²) in [5.41, 5.74) is 3.51. The molecule has 0 aliphatic rings. The van der Waals surface area contributed by atoms with E-state index < -0.39 is 0 Å². The molecule has 0 amide bonds. The zero-order valence-electron chi connectivity index (χ0n) is 14.1. The van der Waals surface area contributed by atoms with Gasteiger partial charge in [0, 0.05) is 30.5 Å². The molecular formula is C19H26NOP. The topological polar surface area (TPSA) is 23.5 Å². The Morgan fingerprint density at radius 1 is 1.14 bits per heavy atom. The highest BCUT2D eigenvalue weighted by Crippen LogP contribution is 2.48. The maximum absolute atomic E-state index is 10.4. The number of nitrogens with zero attached hydrogens (tertiary/aromatic N) is 1. The second-order valence-corrected chi connectivity index (χ2v) is 8.14. The van der Waals surface area contributed by atoms with Gasteiger partial charge in [-0.1, -0.05) is 58.3 Å². The molecule has 0 heterocycles. The quantitative estimate of drug-likeness (QED) is 0.827. The van der Waals surface area contributed by atoms with Crippen LogP contribution >= 0.6 is 8.58 Å². The molecule has 2 unspecified atom stereocenters. The number of rotatable bonds is 5. The molecule has 2 aromatic carbocycles. The fourth-order valence-electron chi connectivity index (χ4n) is 2.70. The van der Waals surface area contributed by atoms with Crippen LogP contribution in [-0.2, 0) is 5.16 Å². The van der Waals surface area contributed by atoms with E-state index in [1.54, 1.807) is 0 Å². The number of anilines is 1. The van der Waals surface area contributed by atoms with E-state index in [9.17, 15) is 5.11 Å². The minimum Gasteiger partial charge on any atom is -0.508 e. The molecular weight excluding hydrogens is 289 g/mol. The number of benzene rings is 2. The van der Waals surface area contributed by atoms with Crippen LogP contribution in [0.25, 0.3) is 0 Å².